The number of benzene rings is 2. The first-order valence-electron chi connectivity index (χ1n) is 8.64. The summed E-state index contributed by atoms with van der Waals surface area (Å²) in [6.07, 6.45) is 0. The molecule has 0 heterocycles. The van der Waals surface area contributed by atoms with E-state index in [0.29, 0.717) is 0 Å². The van der Waals surface area contributed by atoms with E-state index in [-0.39, 0.29) is 61.8 Å². The van der Waals surface area contributed by atoms with Gasteiger partial charge in [-0.25, -0.2) is 0 Å². The molecule has 0 fully saturated rings. The maximum Gasteiger partial charge on any atom is 3.00 e. The van der Waals surface area contributed by atoms with Crippen molar-refractivity contribution in [1.29, 1.82) is 0 Å². The predicted molar refractivity (Wildman–Crippen MR) is 104 cm³/mol. The summed E-state index contributed by atoms with van der Waals surface area (Å²) in [6, 6.07) is 11.9. The molecule has 0 atom stereocenters. The second-order valence-corrected chi connectivity index (χ2v) is 9.18. The topological polar surface area (TPSA) is 0 Å². The third-order valence-electron chi connectivity index (χ3n) is 4.91. The van der Waals surface area contributed by atoms with Crippen molar-refractivity contribution in [2.45, 2.75) is 66.2 Å². The van der Waals surface area contributed by atoms with Crippen LogP contribution in [0.25, 0.3) is 21.5 Å². The van der Waals surface area contributed by atoms with Crippen LogP contribution in [0.2, 0.25) is 0 Å². The van der Waals surface area contributed by atoms with Crippen molar-refractivity contribution in [2.75, 3.05) is 0 Å². The van der Waals surface area contributed by atoms with E-state index in [1.54, 1.807) is 0 Å². The van der Waals surface area contributed by atoms with E-state index in [2.05, 4.69) is 85.7 Å². The second-order valence-electron chi connectivity index (χ2n) is 9.18. The quantitative estimate of drug-likeness (QED) is 0.432. The Balaban J connectivity index is 0.00000208. The van der Waals surface area contributed by atoms with Crippen LogP contribution >= 0.6 is 0 Å². The summed E-state index contributed by atoms with van der Waals surface area (Å²) in [4.78, 5) is 0. The second kappa shape index (κ2) is 8.42. The average Bonchev–Trinajstić information content (AvgIpc) is 2.70. The Morgan fingerprint density at radius 1 is 0.692 bits per heavy atom. The van der Waals surface area contributed by atoms with E-state index in [1.807, 2.05) is 0 Å². The molecule has 0 aliphatic rings. The molecule has 139 valence electrons. The van der Waals surface area contributed by atoms with E-state index in [1.165, 1.54) is 43.8 Å². The Bertz CT molecular complexity index is 906. The Morgan fingerprint density at radius 3 is 1.73 bits per heavy atom. The zero-order chi connectivity index (χ0) is 17.2. The van der Waals surface area contributed by atoms with Gasteiger partial charge in [-0.2, -0.15) is 0 Å². The van der Waals surface area contributed by atoms with Crippen molar-refractivity contribution in [3.05, 3.63) is 52.6 Å². The van der Waals surface area contributed by atoms with Gasteiger partial charge in [0.25, 0.3) is 0 Å². The van der Waals surface area contributed by atoms with Crippen molar-refractivity contribution in [1.82, 2.24) is 0 Å². The zero-order valence-electron chi connectivity index (χ0n) is 17.1. The molecule has 0 aliphatic heterocycles. The molecule has 3 rings (SSSR count). The van der Waals surface area contributed by atoms with Crippen LogP contribution < -0.4 is 24.8 Å². The third-order valence-corrected chi connectivity index (χ3v) is 4.91. The monoisotopic (exact) mass is 465 g/mol. The molecule has 0 bridgehead atoms. The maximum atomic E-state index is 2.44. The zero-order valence-corrected chi connectivity index (χ0v) is 21.1. The normalized spacial score (nSPS) is 11.7. The fraction of sp³-hybridized carbons (Fsp3) is 0.435. The van der Waals surface area contributed by atoms with Gasteiger partial charge in [0.2, 0.25) is 0 Å². The van der Waals surface area contributed by atoms with Gasteiger partial charge < -0.3 is 24.8 Å². The Morgan fingerprint density at radius 2 is 1.23 bits per heavy atom. The molecule has 0 unspecified atom stereocenters. The van der Waals surface area contributed by atoms with Crippen LogP contribution in [0.1, 0.15) is 63.8 Å². The van der Waals surface area contributed by atoms with E-state index in [0.717, 1.165) is 0 Å². The smallest absolute Gasteiger partial charge is 1.00 e. The van der Waals surface area contributed by atoms with Gasteiger partial charge in [-0.1, -0.05) is 75.9 Å². The molecule has 26 heavy (non-hydrogen) atoms. The summed E-state index contributed by atoms with van der Waals surface area (Å²) < 4.78 is 0. The summed E-state index contributed by atoms with van der Waals surface area (Å²) in [5.41, 5.74) is 6.00. The number of hydrogen-bond acceptors (Lipinski definition) is 0. The van der Waals surface area contributed by atoms with Crippen LogP contribution in [0.3, 0.4) is 0 Å². The first-order chi connectivity index (χ1) is 10.5. The van der Waals surface area contributed by atoms with Gasteiger partial charge in [0.15, 0.2) is 0 Å². The molecule has 0 N–H and O–H groups in total. The summed E-state index contributed by atoms with van der Waals surface area (Å²) in [6.45, 7) is 18.3. The molecule has 3 aromatic carbocycles. The minimum absolute atomic E-state index is 0. The summed E-state index contributed by atoms with van der Waals surface area (Å²) >= 11 is 0. The molecule has 0 saturated carbocycles. The number of fused-ring (bicyclic) bond motifs is 3. The van der Waals surface area contributed by atoms with Gasteiger partial charge in [0.05, 0.1) is 0 Å². The van der Waals surface area contributed by atoms with Crippen molar-refractivity contribution in [2.24, 2.45) is 0 Å². The molecule has 0 nitrogen and oxygen atoms in total. The molecule has 3 heteroatoms. The standard InChI is InChI=1S/C23H29.2ClH.Zr/c1-14-9-17-12-16-11-15(2)19(22(3,4)5)13-18(16)21(17)20(10-14)23(6,7)8;;;/h9-13H,1-8H3;2*1H;/q-1;;;+3/p-2. The Kier molecular flexibility index (Phi) is 8.35. The van der Waals surface area contributed by atoms with Gasteiger partial charge >= 0.3 is 26.2 Å². The molecular weight excluding hydrogens is 438 g/mol. The van der Waals surface area contributed by atoms with Crippen molar-refractivity contribution < 1.29 is 51.0 Å². The van der Waals surface area contributed by atoms with Gasteiger partial charge in [-0.05, 0) is 24.7 Å². The molecule has 1 radical (unpaired) electrons. The molecule has 0 spiro atoms. The molecule has 0 aliphatic carbocycles. The third kappa shape index (κ3) is 4.60. The minimum atomic E-state index is 0. The minimum Gasteiger partial charge on any atom is -1.00 e. The van der Waals surface area contributed by atoms with Gasteiger partial charge in [-0.3, -0.25) is 0 Å². The molecule has 0 amide bonds. The molecule has 0 saturated heterocycles. The predicted octanol–water partition coefficient (Wildman–Crippen LogP) is 0.929. The number of hydrogen-bond donors (Lipinski definition) is 0. The summed E-state index contributed by atoms with van der Waals surface area (Å²) in [7, 11) is 0. The van der Waals surface area contributed by atoms with Crippen LogP contribution in [-0.2, 0) is 37.0 Å². The largest absolute Gasteiger partial charge is 3.00 e. The first kappa shape index (κ1) is 25.8. The fourth-order valence-corrected chi connectivity index (χ4v) is 3.86. The van der Waals surface area contributed by atoms with Crippen LogP contribution in [0.4, 0.5) is 0 Å². The van der Waals surface area contributed by atoms with Gasteiger partial charge in [0.1, 0.15) is 0 Å². The van der Waals surface area contributed by atoms with E-state index in [4.69, 9.17) is 0 Å². The Labute approximate surface area is 190 Å². The van der Waals surface area contributed by atoms with E-state index >= 15 is 0 Å². The van der Waals surface area contributed by atoms with Crippen molar-refractivity contribution in [3.8, 4) is 0 Å². The summed E-state index contributed by atoms with van der Waals surface area (Å²) in [5, 5.41) is 5.63. The van der Waals surface area contributed by atoms with Gasteiger partial charge in [0, 0.05) is 0 Å². The number of rotatable bonds is 0. The fourth-order valence-electron chi connectivity index (χ4n) is 3.86. The molecular formula is C23H29Cl2Zr. The van der Waals surface area contributed by atoms with Crippen LogP contribution in [0.5, 0.6) is 0 Å². The van der Waals surface area contributed by atoms with Crippen molar-refractivity contribution in [3.63, 3.8) is 0 Å². The van der Waals surface area contributed by atoms with E-state index in [9.17, 15) is 0 Å². The average molecular weight is 468 g/mol. The summed E-state index contributed by atoms with van der Waals surface area (Å²) in [5.74, 6) is 0. The van der Waals surface area contributed by atoms with Gasteiger partial charge in [-0.15, -0.1) is 39.7 Å². The van der Waals surface area contributed by atoms with E-state index < -0.39 is 0 Å². The molecule has 0 aromatic heterocycles. The molecule has 3 aromatic rings. The van der Waals surface area contributed by atoms with Crippen molar-refractivity contribution >= 4 is 21.5 Å². The number of aryl methyl sites for hydroxylation is 2. The Hall–Kier alpha value is -0.227. The number of halogens is 2. The van der Waals surface area contributed by atoms with Crippen LogP contribution in [0.15, 0.2) is 30.3 Å². The SMILES string of the molecule is Cc1cc(C(C)(C)C)c2c(c1)[cH-]c1cc(C)c(C(C)(C)C)cc12.[Cl-].[Cl-].[Zr+3]. The van der Waals surface area contributed by atoms with Crippen LogP contribution in [-0.4, -0.2) is 0 Å². The maximum absolute atomic E-state index is 2.44. The first-order valence-corrected chi connectivity index (χ1v) is 8.64. The van der Waals surface area contributed by atoms with Crippen LogP contribution in [0, 0.1) is 13.8 Å².